The molecule has 0 N–H and O–H groups in total. The van der Waals surface area contributed by atoms with Crippen molar-refractivity contribution in [3.05, 3.63) is 95.6 Å². The molecule has 0 bridgehead atoms. The van der Waals surface area contributed by atoms with Crippen LogP contribution in [0, 0.1) is 6.92 Å². The molecule has 0 saturated carbocycles. The second-order valence-electron chi connectivity index (χ2n) is 7.87. The van der Waals surface area contributed by atoms with Gasteiger partial charge in [-0.25, -0.2) is 0 Å². The first kappa shape index (κ1) is 19.2. The first-order chi connectivity index (χ1) is 15.2. The van der Waals surface area contributed by atoms with Crippen LogP contribution in [0.3, 0.4) is 0 Å². The molecule has 1 aliphatic heterocycles. The molecule has 31 heavy (non-hydrogen) atoms. The minimum Gasteiger partial charge on any atom is -0.416 e. The highest BCUT2D eigenvalue weighted by Gasteiger charge is 2.30. The average Bonchev–Trinajstić information content (AvgIpc) is 3.50. The molecular weight excluding hydrogens is 386 g/mol. The Morgan fingerprint density at radius 3 is 2.39 bits per heavy atom. The number of benzene rings is 3. The van der Waals surface area contributed by atoms with Crippen molar-refractivity contribution in [2.45, 2.75) is 25.8 Å². The highest BCUT2D eigenvalue weighted by Crippen LogP contribution is 2.33. The van der Waals surface area contributed by atoms with Crippen molar-refractivity contribution in [2.75, 3.05) is 6.54 Å². The van der Waals surface area contributed by atoms with Crippen LogP contribution in [0.15, 0.2) is 83.3 Å². The van der Waals surface area contributed by atoms with Crippen molar-refractivity contribution in [3.8, 4) is 22.9 Å². The summed E-state index contributed by atoms with van der Waals surface area (Å²) in [6.07, 6.45) is 2.02. The summed E-state index contributed by atoms with van der Waals surface area (Å²) in [7, 11) is 0. The summed E-state index contributed by atoms with van der Waals surface area (Å²) in [4.78, 5) is 15.2. The first-order valence-corrected chi connectivity index (χ1v) is 10.6. The Bertz CT molecular complexity index is 1200. The van der Waals surface area contributed by atoms with Gasteiger partial charge in [0.05, 0.1) is 6.04 Å². The average molecular weight is 409 g/mol. The number of hydrogen-bond donors (Lipinski definition) is 0. The fraction of sp³-hybridized carbons (Fsp3) is 0.192. The fourth-order valence-corrected chi connectivity index (χ4v) is 4.21. The van der Waals surface area contributed by atoms with Crippen LogP contribution in [-0.2, 0) is 0 Å². The lowest BCUT2D eigenvalue weighted by Gasteiger charge is -2.25. The number of hydrogen-bond acceptors (Lipinski definition) is 4. The number of carbonyl (C=O) groups is 1. The summed E-state index contributed by atoms with van der Waals surface area (Å²) in [6, 6.07) is 25.7. The van der Waals surface area contributed by atoms with Crippen molar-refractivity contribution in [3.63, 3.8) is 0 Å². The topological polar surface area (TPSA) is 59.2 Å². The smallest absolute Gasteiger partial charge is 0.254 e. The normalized spacial score (nSPS) is 15.9. The third-order valence-electron chi connectivity index (χ3n) is 5.88. The Balaban J connectivity index is 1.36. The predicted octanol–water partition coefficient (Wildman–Crippen LogP) is 5.69. The molecule has 4 aromatic rings. The maximum Gasteiger partial charge on any atom is 0.254 e. The molecule has 1 aromatic heterocycles. The van der Waals surface area contributed by atoms with Crippen LogP contribution in [0.1, 0.15) is 40.4 Å². The summed E-state index contributed by atoms with van der Waals surface area (Å²) in [5.41, 5.74) is 4.67. The highest BCUT2D eigenvalue weighted by atomic mass is 16.4. The predicted molar refractivity (Wildman–Crippen MR) is 119 cm³/mol. The van der Waals surface area contributed by atoms with E-state index in [4.69, 9.17) is 4.42 Å². The lowest BCUT2D eigenvalue weighted by molar-refractivity contribution is 0.0735. The zero-order chi connectivity index (χ0) is 21.2. The summed E-state index contributed by atoms with van der Waals surface area (Å²) in [6.45, 7) is 2.80. The summed E-state index contributed by atoms with van der Waals surface area (Å²) < 4.78 is 5.89. The zero-order valence-corrected chi connectivity index (χ0v) is 17.4. The van der Waals surface area contributed by atoms with Gasteiger partial charge in [-0.15, -0.1) is 10.2 Å². The van der Waals surface area contributed by atoms with Gasteiger partial charge in [0.1, 0.15) is 0 Å². The van der Waals surface area contributed by atoms with Crippen LogP contribution in [0.25, 0.3) is 22.9 Å². The molecule has 1 amide bonds. The lowest BCUT2D eigenvalue weighted by atomic mass is 10.0. The van der Waals surface area contributed by atoms with Crippen molar-refractivity contribution in [1.82, 2.24) is 15.1 Å². The summed E-state index contributed by atoms with van der Waals surface area (Å²) in [5.74, 6) is 1.00. The Morgan fingerprint density at radius 2 is 1.61 bits per heavy atom. The summed E-state index contributed by atoms with van der Waals surface area (Å²) in [5, 5.41) is 8.39. The van der Waals surface area contributed by atoms with E-state index < -0.39 is 0 Å². The van der Waals surface area contributed by atoms with E-state index >= 15 is 0 Å². The molecule has 5 heteroatoms. The SMILES string of the molecule is Cc1ccccc1-c1nnc(-c2ccc(C(=O)N3CCCC3c3ccccc3)cc2)o1. The minimum absolute atomic E-state index is 0.0593. The van der Waals surface area contributed by atoms with Gasteiger partial charge in [-0.1, -0.05) is 48.5 Å². The van der Waals surface area contributed by atoms with Gasteiger partial charge in [-0.3, -0.25) is 4.79 Å². The van der Waals surface area contributed by atoms with Crippen LogP contribution in [-0.4, -0.2) is 27.5 Å². The van der Waals surface area contributed by atoms with E-state index in [0.717, 1.165) is 36.1 Å². The Hall–Kier alpha value is -3.73. The third kappa shape index (κ3) is 3.75. The fourth-order valence-electron chi connectivity index (χ4n) is 4.21. The van der Waals surface area contributed by atoms with Gasteiger partial charge in [-0.2, -0.15) is 0 Å². The number of rotatable bonds is 4. The maximum atomic E-state index is 13.2. The van der Waals surface area contributed by atoms with Gasteiger partial charge >= 0.3 is 0 Å². The number of aryl methyl sites for hydroxylation is 1. The van der Waals surface area contributed by atoms with E-state index in [1.165, 1.54) is 5.56 Å². The molecule has 0 aliphatic carbocycles. The molecule has 3 aromatic carbocycles. The van der Waals surface area contributed by atoms with E-state index in [1.54, 1.807) is 0 Å². The van der Waals surface area contributed by atoms with Gasteiger partial charge in [-0.05, 0) is 61.2 Å². The highest BCUT2D eigenvalue weighted by molar-refractivity contribution is 5.95. The molecular formula is C26H23N3O2. The molecule has 5 rings (SSSR count). The van der Waals surface area contributed by atoms with E-state index in [2.05, 4.69) is 22.3 Å². The Kier molecular flexibility index (Phi) is 5.08. The first-order valence-electron chi connectivity index (χ1n) is 10.6. The van der Waals surface area contributed by atoms with Gasteiger partial charge in [0, 0.05) is 23.2 Å². The van der Waals surface area contributed by atoms with E-state index in [1.807, 2.05) is 78.6 Å². The van der Waals surface area contributed by atoms with E-state index in [0.29, 0.717) is 17.3 Å². The van der Waals surface area contributed by atoms with E-state index in [-0.39, 0.29) is 11.9 Å². The lowest BCUT2D eigenvalue weighted by Crippen LogP contribution is -2.30. The number of amides is 1. The molecule has 1 saturated heterocycles. The number of aromatic nitrogens is 2. The van der Waals surface area contributed by atoms with Crippen molar-refractivity contribution in [1.29, 1.82) is 0 Å². The molecule has 5 nitrogen and oxygen atoms in total. The summed E-state index contributed by atoms with van der Waals surface area (Å²) >= 11 is 0. The second kappa shape index (κ2) is 8.19. The largest absolute Gasteiger partial charge is 0.416 e. The zero-order valence-electron chi connectivity index (χ0n) is 17.4. The van der Waals surface area contributed by atoms with Crippen LogP contribution >= 0.6 is 0 Å². The third-order valence-corrected chi connectivity index (χ3v) is 5.88. The second-order valence-corrected chi connectivity index (χ2v) is 7.87. The van der Waals surface area contributed by atoms with E-state index in [9.17, 15) is 4.79 Å². The molecule has 1 fully saturated rings. The molecule has 0 spiro atoms. The minimum atomic E-state index is 0.0593. The Morgan fingerprint density at radius 1 is 0.903 bits per heavy atom. The van der Waals surface area contributed by atoms with Crippen molar-refractivity contribution >= 4 is 5.91 Å². The maximum absolute atomic E-state index is 13.2. The molecule has 1 unspecified atom stereocenters. The molecule has 0 radical (unpaired) electrons. The van der Waals surface area contributed by atoms with Crippen LogP contribution in [0.4, 0.5) is 0 Å². The molecule has 154 valence electrons. The van der Waals surface area contributed by atoms with Crippen LogP contribution < -0.4 is 0 Å². The van der Waals surface area contributed by atoms with Gasteiger partial charge in [0.15, 0.2) is 0 Å². The monoisotopic (exact) mass is 409 g/mol. The molecule has 1 aliphatic rings. The van der Waals surface area contributed by atoms with Gasteiger partial charge in [0.25, 0.3) is 5.91 Å². The quantitative estimate of drug-likeness (QED) is 0.434. The number of likely N-dealkylation sites (tertiary alicyclic amines) is 1. The molecule has 1 atom stereocenters. The number of nitrogens with zero attached hydrogens (tertiary/aromatic N) is 3. The van der Waals surface area contributed by atoms with Gasteiger partial charge in [0.2, 0.25) is 11.8 Å². The Labute approximate surface area is 181 Å². The van der Waals surface area contributed by atoms with Crippen molar-refractivity contribution in [2.24, 2.45) is 0 Å². The van der Waals surface area contributed by atoms with Crippen LogP contribution in [0.5, 0.6) is 0 Å². The number of carbonyl (C=O) groups excluding carboxylic acids is 1. The standard InChI is InChI=1S/C26H23N3O2/c1-18-8-5-6-11-22(18)25-28-27-24(31-25)20-13-15-21(16-14-20)26(30)29-17-7-12-23(29)19-9-3-2-4-10-19/h2-6,8-11,13-16,23H,7,12,17H2,1H3. The van der Waals surface area contributed by atoms with Gasteiger partial charge < -0.3 is 9.32 Å². The van der Waals surface area contributed by atoms with Crippen LogP contribution in [0.2, 0.25) is 0 Å². The molecule has 2 heterocycles. The van der Waals surface area contributed by atoms with Crippen molar-refractivity contribution < 1.29 is 9.21 Å².